The second-order valence-electron chi connectivity index (χ2n) is 5.30. The molecule has 2 atom stereocenters. The molecule has 0 N–H and O–H groups in total. The SMILES string of the molecule is CCC1CCCC(CC(=O)c2ccccc2)C1. The highest BCUT2D eigenvalue weighted by Crippen LogP contribution is 2.33. The highest BCUT2D eigenvalue weighted by Gasteiger charge is 2.23. The van der Waals surface area contributed by atoms with Gasteiger partial charge in [-0.3, -0.25) is 4.79 Å². The third-order valence-corrected chi connectivity index (χ3v) is 4.04. The van der Waals surface area contributed by atoms with Crippen molar-refractivity contribution in [3.63, 3.8) is 0 Å². The molecule has 0 heterocycles. The van der Waals surface area contributed by atoms with Gasteiger partial charge in [0.2, 0.25) is 0 Å². The quantitative estimate of drug-likeness (QED) is 0.697. The first-order valence-corrected chi connectivity index (χ1v) is 6.87. The number of rotatable bonds is 4. The van der Waals surface area contributed by atoms with Crippen LogP contribution in [0.25, 0.3) is 0 Å². The maximum Gasteiger partial charge on any atom is 0.163 e. The number of Topliss-reactive ketones (excluding diaryl/α,β-unsaturated/α-hetero) is 1. The summed E-state index contributed by atoms with van der Waals surface area (Å²) < 4.78 is 0. The summed E-state index contributed by atoms with van der Waals surface area (Å²) in [7, 11) is 0. The first-order chi connectivity index (χ1) is 8.29. The third-order valence-electron chi connectivity index (χ3n) is 4.04. The molecule has 92 valence electrons. The zero-order chi connectivity index (χ0) is 12.1. The van der Waals surface area contributed by atoms with Crippen LogP contribution in [-0.4, -0.2) is 5.78 Å². The lowest BCUT2D eigenvalue weighted by Crippen LogP contribution is -2.18. The molecule has 1 fully saturated rings. The first kappa shape index (κ1) is 12.3. The summed E-state index contributed by atoms with van der Waals surface area (Å²) in [4.78, 5) is 12.1. The molecule has 1 heteroatoms. The Morgan fingerprint density at radius 1 is 1.18 bits per heavy atom. The Kier molecular flexibility index (Phi) is 4.36. The van der Waals surface area contributed by atoms with Crippen molar-refractivity contribution in [2.45, 2.75) is 45.4 Å². The number of carbonyl (C=O) groups is 1. The summed E-state index contributed by atoms with van der Waals surface area (Å²) in [6.45, 7) is 2.27. The van der Waals surface area contributed by atoms with E-state index in [-0.39, 0.29) is 0 Å². The number of ketones is 1. The molecule has 1 aliphatic rings. The molecule has 2 unspecified atom stereocenters. The molecule has 17 heavy (non-hydrogen) atoms. The topological polar surface area (TPSA) is 17.1 Å². The van der Waals surface area contributed by atoms with Crippen molar-refractivity contribution in [2.24, 2.45) is 11.8 Å². The molecule has 0 aromatic heterocycles. The van der Waals surface area contributed by atoms with Gasteiger partial charge in [0.05, 0.1) is 0 Å². The monoisotopic (exact) mass is 230 g/mol. The molecular formula is C16H22O. The Balaban J connectivity index is 1.90. The number of carbonyl (C=O) groups excluding carboxylic acids is 1. The Bertz CT molecular complexity index is 355. The highest BCUT2D eigenvalue weighted by atomic mass is 16.1. The number of hydrogen-bond donors (Lipinski definition) is 0. The Morgan fingerprint density at radius 2 is 1.88 bits per heavy atom. The maximum atomic E-state index is 12.1. The van der Waals surface area contributed by atoms with E-state index in [1.807, 2.05) is 30.3 Å². The first-order valence-electron chi connectivity index (χ1n) is 6.87. The second-order valence-corrected chi connectivity index (χ2v) is 5.30. The largest absolute Gasteiger partial charge is 0.294 e. The molecule has 0 bridgehead atoms. The van der Waals surface area contributed by atoms with Crippen molar-refractivity contribution in [1.29, 1.82) is 0 Å². The molecule has 1 aromatic carbocycles. The van der Waals surface area contributed by atoms with Crippen LogP contribution in [0.3, 0.4) is 0 Å². The van der Waals surface area contributed by atoms with E-state index in [1.54, 1.807) is 0 Å². The van der Waals surface area contributed by atoms with Crippen molar-refractivity contribution in [3.05, 3.63) is 35.9 Å². The lowest BCUT2D eigenvalue weighted by Gasteiger charge is -2.27. The van der Waals surface area contributed by atoms with Crippen molar-refractivity contribution in [3.8, 4) is 0 Å². The van der Waals surface area contributed by atoms with Crippen molar-refractivity contribution < 1.29 is 4.79 Å². The minimum Gasteiger partial charge on any atom is -0.294 e. The lowest BCUT2D eigenvalue weighted by molar-refractivity contribution is 0.0939. The zero-order valence-corrected chi connectivity index (χ0v) is 10.7. The number of benzene rings is 1. The van der Waals surface area contributed by atoms with Crippen molar-refractivity contribution in [2.75, 3.05) is 0 Å². The van der Waals surface area contributed by atoms with E-state index in [0.29, 0.717) is 11.7 Å². The predicted octanol–water partition coefficient (Wildman–Crippen LogP) is 4.48. The molecule has 2 rings (SSSR count). The van der Waals surface area contributed by atoms with Crippen LogP contribution in [0.4, 0.5) is 0 Å². The van der Waals surface area contributed by atoms with Gasteiger partial charge in [-0.25, -0.2) is 0 Å². The highest BCUT2D eigenvalue weighted by molar-refractivity contribution is 5.96. The van der Waals surface area contributed by atoms with E-state index in [4.69, 9.17) is 0 Å². The third kappa shape index (κ3) is 3.42. The van der Waals surface area contributed by atoms with Crippen molar-refractivity contribution in [1.82, 2.24) is 0 Å². The fraction of sp³-hybridized carbons (Fsp3) is 0.562. The minimum absolute atomic E-state index is 0.326. The molecule has 0 radical (unpaired) electrons. The summed E-state index contributed by atoms with van der Waals surface area (Å²) in [5.74, 6) is 1.81. The summed E-state index contributed by atoms with van der Waals surface area (Å²) in [5, 5.41) is 0. The summed E-state index contributed by atoms with van der Waals surface area (Å²) in [6, 6.07) is 9.72. The average Bonchev–Trinajstić information content (AvgIpc) is 2.40. The predicted molar refractivity (Wildman–Crippen MR) is 71.1 cm³/mol. The second kappa shape index (κ2) is 6.00. The van der Waals surface area contributed by atoms with Gasteiger partial charge in [-0.1, -0.05) is 56.5 Å². The minimum atomic E-state index is 0.326. The van der Waals surface area contributed by atoms with Crippen LogP contribution in [0.1, 0.15) is 55.8 Å². The summed E-state index contributed by atoms with van der Waals surface area (Å²) in [5.41, 5.74) is 0.881. The van der Waals surface area contributed by atoms with Gasteiger partial charge in [-0.15, -0.1) is 0 Å². The van der Waals surface area contributed by atoms with Gasteiger partial charge in [0.25, 0.3) is 0 Å². The van der Waals surface area contributed by atoms with Gasteiger partial charge in [-0.2, -0.15) is 0 Å². The van der Waals surface area contributed by atoms with Gasteiger partial charge < -0.3 is 0 Å². The number of hydrogen-bond acceptors (Lipinski definition) is 1. The van der Waals surface area contributed by atoms with Crippen LogP contribution in [-0.2, 0) is 0 Å². The zero-order valence-electron chi connectivity index (χ0n) is 10.7. The molecule has 0 spiro atoms. The van der Waals surface area contributed by atoms with E-state index in [1.165, 1.54) is 32.1 Å². The van der Waals surface area contributed by atoms with E-state index in [0.717, 1.165) is 17.9 Å². The Morgan fingerprint density at radius 3 is 2.59 bits per heavy atom. The van der Waals surface area contributed by atoms with Gasteiger partial charge >= 0.3 is 0 Å². The molecule has 1 aromatic rings. The Labute approximate surface area is 104 Å². The summed E-state index contributed by atoms with van der Waals surface area (Å²) in [6.07, 6.45) is 7.21. The molecule has 0 amide bonds. The molecule has 1 nitrogen and oxygen atoms in total. The van der Waals surface area contributed by atoms with E-state index in [9.17, 15) is 4.79 Å². The fourth-order valence-corrected chi connectivity index (χ4v) is 2.96. The van der Waals surface area contributed by atoms with Crippen LogP contribution in [0.15, 0.2) is 30.3 Å². The van der Waals surface area contributed by atoms with Gasteiger partial charge in [-0.05, 0) is 24.7 Å². The van der Waals surface area contributed by atoms with E-state index in [2.05, 4.69) is 6.92 Å². The van der Waals surface area contributed by atoms with Crippen LogP contribution in [0.5, 0.6) is 0 Å². The van der Waals surface area contributed by atoms with Gasteiger partial charge in [0.15, 0.2) is 5.78 Å². The molecule has 0 saturated heterocycles. The van der Waals surface area contributed by atoms with E-state index >= 15 is 0 Å². The molecular weight excluding hydrogens is 208 g/mol. The standard InChI is InChI=1S/C16H22O/c1-2-13-7-6-8-14(11-13)12-16(17)15-9-4-3-5-10-15/h3-5,9-10,13-14H,2,6-8,11-12H2,1H3. The average molecular weight is 230 g/mol. The van der Waals surface area contributed by atoms with Crippen LogP contribution < -0.4 is 0 Å². The van der Waals surface area contributed by atoms with Crippen LogP contribution >= 0.6 is 0 Å². The smallest absolute Gasteiger partial charge is 0.163 e. The van der Waals surface area contributed by atoms with Gasteiger partial charge in [0.1, 0.15) is 0 Å². The molecule has 1 saturated carbocycles. The Hall–Kier alpha value is -1.11. The molecule has 0 aliphatic heterocycles. The van der Waals surface area contributed by atoms with E-state index < -0.39 is 0 Å². The molecule has 1 aliphatic carbocycles. The van der Waals surface area contributed by atoms with Gasteiger partial charge in [0, 0.05) is 12.0 Å². The van der Waals surface area contributed by atoms with Crippen LogP contribution in [0.2, 0.25) is 0 Å². The van der Waals surface area contributed by atoms with Crippen molar-refractivity contribution >= 4 is 5.78 Å². The lowest BCUT2D eigenvalue weighted by atomic mass is 9.77. The maximum absolute atomic E-state index is 12.1. The normalized spacial score (nSPS) is 24.5. The van der Waals surface area contributed by atoms with Crippen LogP contribution in [0, 0.1) is 11.8 Å². The summed E-state index contributed by atoms with van der Waals surface area (Å²) >= 11 is 0. The fourth-order valence-electron chi connectivity index (χ4n) is 2.96.